The molecule has 2 saturated carbocycles. The van der Waals surface area contributed by atoms with E-state index in [2.05, 4.69) is 15.2 Å². The molecule has 2 fully saturated rings. The lowest BCUT2D eigenvalue weighted by atomic mass is 9.92. The molecule has 4 N–H and O–H groups in total. The molecule has 10 heteroatoms. The molecule has 0 radical (unpaired) electrons. The van der Waals surface area contributed by atoms with Crippen LogP contribution in [-0.4, -0.2) is 52.9 Å². The third-order valence-electron chi connectivity index (χ3n) is 7.43. The van der Waals surface area contributed by atoms with Crippen molar-refractivity contribution >= 4 is 22.9 Å². The van der Waals surface area contributed by atoms with Crippen molar-refractivity contribution in [3.8, 4) is 17.2 Å². The van der Waals surface area contributed by atoms with E-state index in [1.165, 1.54) is 12.8 Å². The van der Waals surface area contributed by atoms with Gasteiger partial charge in [-0.25, -0.2) is 4.98 Å². The molecule has 5 rings (SSSR count). The Morgan fingerprint density at radius 1 is 0.944 bits per heavy atom. The normalized spacial score (nSPS) is 20.4. The van der Waals surface area contributed by atoms with Crippen molar-refractivity contribution in [3.05, 3.63) is 24.0 Å². The van der Waals surface area contributed by atoms with Gasteiger partial charge in [0.05, 0.1) is 27.7 Å². The van der Waals surface area contributed by atoms with E-state index in [1.807, 2.05) is 18.5 Å². The van der Waals surface area contributed by atoms with Crippen LogP contribution in [0.3, 0.4) is 0 Å². The number of anilines is 2. The lowest BCUT2D eigenvalue weighted by Crippen LogP contribution is -2.33. The summed E-state index contributed by atoms with van der Waals surface area (Å²) in [6.45, 7) is 0.511. The number of benzene rings is 1. The van der Waals surface area contributed by atoms with E-state index in [-0.39, 0.29) is 0 Å². The highest BCUT2D eigenvalue weighted by Crippen LogP contribution is 2.39. The van der Waals surface area contributed by atoms with Crippen LogP contribution in [-0.2, 0) is 6.54 Å². The first-order valence-electron chi connectivity index (χ1n) is 12.9. The van der Waals surface area contributed by atoms with Gasteiger partial charge in [0, 0.05) is 24.7 Å². The van der Waals surface area contributed by atoms with Crippen molar-refractivity contribution in [2.45, 2.75) is 76.0 Å². The summed E-state index contributed by atoms with van der Waals surface area (Å²) in [6.07, 6.45) is 10.8. The molecule has 0 saturated heterocycles. The number of imidazole rings is 1. The SMILES string of the molecule is COc1cc(CNc2nc(NC3CCC(N)CC3)nc3c2ncn3C2CCCC2)cc(OC)c1OC. The molecule has 3 aromatic rings. The Labute approximate surface area is 211 Å². The lowest BCUT2D eigenvalue weighted by Gasteiger charge is -2.27. The van der Waals surface area contributed by atoms with Crippen molar-refractivity contribution in [3.63, 3.8) is 0 Å². The number of hydrogen-bond acceptors (Lipinski definition) is 9. The fourth-order valence-electron chi connectivity index (χ4n) is 5.42. The molecule has 10 nitrogen and oxygen atoms in total. The van der Waals surface area contributed by atoms with E-state index in [0.717, 1.165) is 55.3 Å². The number of aromatic nitrogens is 4. The molecular formula is C26H37N7O3. The van der Waals surface area contributed by atoms with Gasteiger partial charge in [-0.15, -0.1) is 0 Å². The summed E-state index contributed by atoms with van der Waals surface area (Å²) in [5, 5.41) is 7.07. The molecule has 2 aliphatic carbocycles. The summed E-state index contributed by atoms with van der Waals surface area (Å²) in [6, 6.07) is 4.94. The van der Waals surface area contributed by atoms with Crippen molar-refractivity contribution in [1.29, 1.82) is 0 Å². The number of nitrogens with one attached hydrogen (secondary N) is 2. The number of hydrogen-bond donors (Lipinski definition) is 3. The van der Waals surface area contributed by atoms with Crippen LogP contribution in [0.15, 0.2) is 18.5 Å². The number of nitrogens with two attached hydrogens (primary N) is 1. The summed E-state index contributed by atoms with van der Waals surface area (Å²) >= 11 is 0. The van der Waals surface area contributed by atoms with Gasteiger partial charge in [-0.05, 0) is 56.2 Å². The number of ether oxygens (including phenoxy) is 3. The zero-order chi connectivity index (χ0) is 25.1. The smallest absolute Gasteiger partial charge is 0.227 e. The van der Waals surface area contributed by atoms with Crippen LogP contribution in [0.4, 0.5) is 11.8 Å². The Morgan fingerprint density at radius 2 is 1.64 bits per heavy atom. The maximum absolute atomic E-state index is 6.11. The van der Waals surface area contributed by atoms with Gasteiger partial charge >= 0.3 is 0 Å². The monoisotopic (exact) mass is 495 g/mol. The van der Waals surface area contributed by atoms with Crippen LogP contribution >= 0.6 is 0 Å². The Morgan fingerprint density at radius 3 is 2.28 bits per heavy atom. The van der Waals surface area contributed by atoms with Gasteiger partial charge < -0.3 is 35.1 Å². The Kier molecular flexibility index (Phi) is 7.31. The molecule has 194 valence electrons. The molecule has 0 bridgehead atoms. The minimum absolute atomic E-state index is 0.297. The summed E-state index contributed by atoms with van der Waals surface area (Å²) in [5.74, 6) is 3.15. The molecule has 2 heterocycles. The highest BCUT2D eigenvalue weighted by atomic mass is 16.5. The van der Waals surface area contributed by atoms with Gasteiger partial charge in [0.25, 0.3) is 0 Å². The summed E-state index contributed by atoms with van der Waals surface area (Å²) in [7, 11) is 4.84. The van der Waals surface area contributed by atoms with E-state index in [9.17, 15) is 0 Å². The minimum atomic E-state index is 0.297. The molecule has 2 aliphatic rings. The summed E-state index contributed by atoms with van der Waals surface area (Å²) in [5.41, 5.74) is 8.74. The average Bonchev–Trinajstić information content (AvgIpc) is 3.58. The van der Waals surface area contributed by atoms with E-state index < -0.39 is 0 Å². The number of methoxy groups -OCH3 is 3. The van der Waals surface area contributed by atoms with E-state index in [4.69, 9.17) is 34.9 Å². The van der Waals surface area contributed by atoms with Crippen LogP contribution in [0.1, 0.15) is 63.0 Å². The molecule has 2 aromatic heterocycles. The third kappa shape index (κ3) is 5.00. The fraction of sp³-hybridized carbons (Fsp3) is 0.577. The molecule has 0 amide bonds. The molecule has 0 atom stereocenters. The van der Waals surface area contributed by atoms with Crippen LogP contribution in [0.5, 0.6) is 17.2 Å². The predicted molar refractivity (Wildman–Crippen MR) is 140 cm³/mol. The first-order chi connectivity index (χ1) is 17.6. The number of rotatable bonds is 9. The molecule has 36 heavy (non-hydrogen) atoms. The van der Waals surface area contributed by atoms with Crippen molar-refractivity contribution in [1.82, 2.24) is 19.5 Å². The van der Waals surface area contributed by atoms with E-state index >= 15 is 0 Å². The Bertz CT molecular complexity index is 1160. The maximum Gasteiger partial charge on any atom is 0.227 e. The molecule has 1 aromatic carbocycles. The van der Waals surface area contributed by atoms with Gasteiger partial charge in [0.15, 0.2) is 28.5 Å². The van der Waals surface area contributed by atoms with Gasteiger partial charge in [0.1, 0.15) is 0 Å². The third-order valence-corrected chi connectivity index (χ3v) is 7.43. The molecule has 0 spiro atoms. The summed E-state index contributed by atoms with van der Waals surface area (Å²) < 4.78 is 18.7. The number of nitrogens with zero attached hydrogens (tertiary/aromatic N) is 4. The van der Waals surface area contributed by atoms with Crippen molar-refractivity contribution in [2.24, 2.45) is 5.73 Å². The largest absolute Gasteiger partial charge is 0.493 e. The van der Waals surface area contributed by atoms with Gasteiger partial charge in [-0.3, -0.25) is 0 Å². The summed E-state index contributed by atoms with van der Waals surface area (Å²) in [4.78, 5) is 14.5. The zero-order valence-electron chi connectivity index (χ0n) is 21.4. The fourth-order valence-corrected chi connectivity index (χ4v) is 5.42. The molecule has 0 aliphatic heterocycles. The van der Waals surface area contributed by atoms with Gasteiger partial charge in [-0.1, -0.05) is 12.8 Å². The first kappa shape index (κ1) is 24.4. The second kappa shape index (κ2) is 10.8. The van der Waals surface area contributed by atoms with Crippen LogP contribution < -0.4 is 30.6 Å². The average molecular weight is 496 g/mol. The van der Waals surface area contributed by atoms with Crippen LogP contribution in [0, 0.1) is 0 Å². The highest BCUT2D eigenvalue weighted by molar-refractivity contribution is 5.84. The van der Waals surface area contributed by atoms with Gasteiger partial charge in [0.2, 0.25) is 11.7 Å². The lowest BCUT2D eigenvalue weighted by molar-refractivity contribution is 0.324. The topological polar surface area (TPSA) is 121 Å². The Hall–Kier alpha value is -3.27. The zero-order valence-corrected chi connectivity index (χ0v) is 21.4. The minimum Gasteiger partial charge on any atom is -0.493 e. The molecule has 0 unspecified atom stereocenters. The van der Waals surface area contributed by atoms with E-state index in [0.29, 0.717) is 53.7 Å². The van der Waals surface area contributed by atoms with Crippen molar-refractivity contribution in [2.75, 3.05) is 32.0 Å². The maximum atomic E-state index is 6.11. The predicted octanol–water partition coefficient (Wildman–Crippen LogP) is 4.26. The molecular weight excluding hydrogens is 458 g/mol. The standard InChI is InChI=1S/C26H37N7O3/c1-34-20-12-16(13-21(35-2)23(20)36-3)14-28-24-22-25(33(15-29-22)19-6-4-5-7-19)32-26(31-24)30-18-10-8-17(27)9-11-18/h12-13,15,17-19H,4-11,14,27H2,1-3H3,(H2,28,30,31,32). The van der Waals surface area contributed by atoms with Crippen LogP contribution in [0.25, 0.3) is 11.2 Å². The van der Waals surface area contributed by atoms with Crippen LogP contribution in [0.2, 0.25) is 0 Å². The first-order valence-corrected chi connectivity index (χ1v) is 12.9. The number of fused-ring (bicyclic) bond motifs is 1. The van der Waals surface area contributed by atoms with E-state index in [1.54, 1.807) is 21.3 Å². The second-order valence-corrected chi connectivity index (χ2v) is 9.80. The second-order valence-electron chi connectivity index (χ2n) is 9.80. The van der Waals surface area contributed by atoms with Crippen molar-refractivity contribution < 1.29 is 14.2 Å². The quantitative estimate of drug-likeness (QED) is 0.400. The van der Waals surface area contributed by atoms with Gasteiger partial charge in [-0.2, -0.15) is 9.97 Å². The Balaban J connectivity index is 1.45. The highest BCUT2D eigenvalue weighted by Gasteiger charge is 2.24.